The van der Waals surface area contributed by atoms with Crippen molar-refractivity contribution in [1.82, 2.24) is 4.90 Å². The number of amides is 1. The Morgan fingerprint density at radius 1 is 1.09 bits per heavy atom. The van der Waals surface area contributed by atoms with Gasteiger partial charge in [-0.15, -0.1) is 0 Å². The molecule has 116 valence electrons. The van der Waals surface area contributed by atoms with Crippen LogP contribution >= 0.6 is 0 Å². The molecule has 1 saturated heterocycles. The number of hydrogen-bond acceptors (Lipinski definition) is 2. The molecule has 1 heterocycles. The predicted molar refractivity (Wildman–Crippen MR) is 86.1 cm³/mol. The smallest absolute Gasteiger partial charge is 0.256 e. The predicted octanol–water partition coefficient (Wildman–Crippen LogP) is 3.87. The van der Waals surface area contributed by atoms with Crippen molar-refractivity contribution in [3.63, 3.8) is 0 Å². The summed E-state index contributed by atoms with van der Waals surface area (Å²) in [5, 5.41) is 8.93. The molecule has 1 aliphatic rings. The van der Waals surface area contributed by atoms with Crippen LogP contribution in [-0.4, -0.2) is 23.9 Å². The van der Waals surface area contributed by atoms with Crippen LogP contribution in [0.25, 0.3) is 11.1 Å². The van der Waals surface area contributed by atoms with Crippen molar-refractivity contribution in [3.05, 3.63) is 59.9 Å². The van der Waals surface area contributed by atoms with Crippen molar-refractivity contribution >= 4 is 5.91 Å². The summed E-state index contributed by atoms with van der Waals surface area (Å²) in [6.07, 6.45) is 1.31. The number of nitrogens with zero attached hydrogens (tertiary/aromatic N) is 2. The van der Waals surface area contributed by atoms with Crippen molar-refractivity contribution in [2.75, 3.05) is 13.1 Å². The molecule has 1 aliphatic heterocycles. The summed E-state index contributed by atoms with van der Waals surface area (Å²) < 4.78 is 14.1. The highest BCUT2D eigenvalue weighted by Gasteiger charge is 2.25. The molecule has 3 rings (SSSR count). The second kappa shape index (κ2) is 6.62. The van der Waals surface area contributed by atoms with E-state index in [1.807, 2.05) is 30.3 Å². The fourth-order valence-electron chi connectivity index (χ4n) is 2.88. The van der Waals surface area contributed by atoms with Crippen LogP contribution in [0, 0.1) is 23.1 Å². The number of hydrogen-bond donors (Lipinski definition) is 0. The summed E-state index contributed by atoms with van der Waals surface area (Å²) in [5.41, 5.74) is 1.87. The van der Waals surface area contributed by atoms with Crippen LogP contribution < -0.4 is 0 Å². The summed E-state index contributed by atoms with van der Waals surface area (Å²) in [6.45, 7) is 1.01. The molecule has 0 aliphatic carbocycles. The van der Waals surface area contributed by atoms with E-state index in [1.54, 1.807) is 17.0 Å². The minimum atomic E-state index is -0.503. The van der Waals surface area contributed by atoms with Gasteiger partial charge in [-0.25, -0.2) is 4.39 Å². The van der Waals surface area contributed by atoms with E-state index in [4.69, 9.17) is 5.26 Å². The van der Waals surface area contributed by atoms with Crippen molar-refractivity contribution in [3.8, 4) is 17.2 Å². The van der Waals surface area contributed by atoms with Crippen molar-refractivity contribution < 1.29 is 9.18 Å². The summed E-state index contributed by atoms with van der Waals surface area (Å²) in [5.74, 6) is -0.798. The van der Waals surface area contributed by atoms with Crippen LogP contribution in [0.5, 0.6) is 0 Å². The minimum Gasteiger partial charge on any atom is -0.338 e. The van der Waals surface area contributed by atoms with E-state index in [-0.39, 0.29) is 17.4 Å². The molecule has 0 radical (unpaired) electrons. The second-order valence-corrected chi connectivity index (χ2v) is 5.76. The highest BCUT2D eigenvalue weighted by atomic mass is 19.1. The standard InChI is InChI=1S/C19H17FN2O/c20-18-7-6-16(15-4-2-1-3-5-15)12-17(18)19(23)22-10-8-14(13-21)9-11-22/h1-7,12,14H,8-11H2. The van der Waals surface area contributed by atoms with Gasteiger partial charge < -0.3 is 4.90 Å². The fraction of sp³-hybridized carbons (Fsp3) is 0.263. The average Bonchev–Trinajstić information content (AvgIpc) is 2.62. The molecular weight excluding hydrogens is 291 g/mol. The number of carbonyl (C=O) groups excluding carboxylic acids is 1. The molecule has 1 fully saturated rings. The molecule has 0 atom stereocenters. The number of carbonyl (C=O) groups is 1. The van der Waals surface area contributed by atoms with Gasteiger partial charge in [-0.3, -0.25) is 4.79 Å². The molecule has 2 aromatic carbocycles. The zero-order valence-electron chi connectivity index (χ0n) is 12.7. The van der Waals surface area contributed by atoms with Gasteiger partial charge in [0, 0.05) is 19.0 Å². The maximum Gasteiger partial charge on any atom is 0.256 e. The van der Waals surface area contributed by atoms with Gasteiger partial charge in [0.05, 0.1) is 11.6 Å². The SMILES string of the molecule is N#CC1CCN(C(=O)c2cc(-c3ccccc3)ccc2F)CC1. The number of likely N-dealkylation sites (tertiary alicyclic amines) is 1. The van der Waals surface area contributed by atoms with Gasteiger partial charge in [0.25, 0.3) is 5.91 Å². The van der Waals surface area contributed by atoms with E-state index in [0.29, 0.717) is 25.9 Å². The van der Waals surface area contributed by atoms with Crippen LogP contribution in [0.3, 0.4) is 0 Å². The lowest BCUT2D eigenvalue weighted by Gasteiger charge is -2.29. The van der Waals surface area contributed by atoms with Gasteiger partial charge in [-0.2, -0.15) is 5.26 Å². The molecule has 0 bridgehead atoms. The maximum atomic E-state index is 14.1. The third kappa shape index (κ3) is 3.24. The van der Waals surface area contributed by atoms with Crippen molar-refractivity contribution in [2.45, 2.75) is 12.8 Å². The molecule has 0 aromatic heterocycles. The number of piperidine rings is 1. The Bertz CT molecular complexity index is 744. The second-order valence-electron chi connectivity index (χ2n) is 5.76. The molecule has 2 aromatic rings. The maximum absolute atomic E-state index is 14.1. The summed E-state index contributed by atoms with van der Waals surface area (Å²) >= 11 is 0. The van der Waals surface area contributed by atoms with Gasteiger partial charge in [0.2, 0.25) is 0 Å². The molecule has 4 heteroatoms. The molecule has 0 saturated carbocycles. The Labute approximate surface area is 135 Å². The van der Waals surface area contributed by atoms with Crippen LogP contribution in [0.1, 0.15) is 23.2 Å². The number of nitriles is 1. The minimum absolute atomic E-state index is 0.000417. The Hall–Kier alpha value is -2.67. The molecule has 3 nitrogen and oxygen atoms in total. The van der Waals surface area contributed by atoms with E-state index in [9.17, 15) is 9.18 Å². The Kier molecular flexibility index (Phi) is 4.38. The Morgan fingerprint density at radius 3 is 2.43 bits per heavy atom. The Morgan fingerprint density at radius 2 is 1.78 bits per heavy atom. The zero-order valence-corrected chi connectivity index (χ0v) is 12.7. The first-order chi connectivity index (χ1) is 11.2. The summed E-state index contributed by atoms with van der Waals surface area (Å²) in [7, 11) is 0. The van der Waals surface area contributed by atoms with Crippen LogP contribution in [0.2, 0.25) is 0 Å². The molecule has 0 spiro atoms. The quantitative estimate of drug-likeness (QED) is 0.845. The van der Waals surface area contributed by atoms with Gasteiger partial charge >= 0.3 is 0 Å². The van der Waals surface area contributed by atoms with E-state index >= 15 is 0 Å². The van der Waals surface area contributed by atoms with Gasteiger partial charge in [-0.05, 0) is 36.1 Å². The van der Waals surface area contributed by atoms with Gasteiger partial charge in [0.15, 0.2) is 0 Å². The normalized spacial score (nSPS) is 15.2. The van der Waals surface area contributed by atoms with E-state index in [2.05, 4.69) is 6.07 Å². The zero-order chi connectivity index (χ0) is 16.2. The third-order valence-corrected chi connectivity index (χ3v) is 4.27. The van der Waals surface area contributed by atoms with E-state index < -0.39 is 5.82 Å². The molecule has 1 amide bonds. The van der Waals surface area contributed by atoms with Crippen LogP contribution in [0.15, 0.2) is 48.5 Å². The lowest BCUT2D eigenvalue weighted by Crippen LogP contribution is -2.38. The first-order valence-corrected chi connectivity index (χ1v) is 7.73. The van der Waals surface area contributed by atoms with E-state index in [0.717, 1.165) is 11.1 Å². The largest absolute Gasteiger partial charge is 0.338 e. The summed E-state index contributed by atoms with van der Waals surface area (Å²) in [4.78, 5) is 14.2. The van der Waals surface area contributed by atoms with Crippen LogP contribution in [0.4, 0.5) is 4.39 Å². The molecule has 23 heavy (non-hydrogen) atoms. The third-order valence-electron chi connectivity index (χ3n) is 4.27. The van der Waals surface area contributed by atoms with Gasteiger partial charge in [0.1, 0.15) is 5.82 Å². The van der Waals surface area contributed by atoms with E-state index in [1.165, 1.54) is 6.07 Å². The highest BCUT2D eigenvalue weighted by Crippen LogP contribution is 2.24. The van der Waals surface area contributed by atoms with Gasteiger partial charge in [-0.1, -0.05) is 36.4 Å². The lowest BCUT2D eigenvalue weighted by atomic mass is 9.97. The first kappa shape index (κ1) is 15.2. The fourth-order valence-corrected chi connectivity index (χ4v) is 2.88. The number of halogens is 1. The lowest BCUT2D eigenvalue weighted by molar-refractivity contribution is 0.0702. The van der Waals surface area contributed by atoms with Crippen molar-refractivity contribution in [2.24, 2.45) is 5.92 Å². The summed E-state index contributed by atoms with van der Waals surface area (Å²) in [6, 6.07) is 16.5. The topological polar surface area (TPSA) is 44.1 Å². The number of benzene rings is 2. The van der Waals surface area contributed by atoms with Crippen molar-refractivity contribution in [1.29, 1.82) is 5.26 Å². The highest BCUT2D eigenvalue weighted by molar-refractivity contribution is 5.95. The average molecular weight is 308 g/mol. The Balaban J connectivity index is 1.85. The molecule has 0 unspecified atom stereocenters. The van der Waals surface area contributed by atoms with Crippen LogP contribution in [-0.2, 0) is 0 Å². The molecule has 0 N–H and O–H groups in total. The monoisotopic (exact) mass is 308 g/mol. The molecular formula is C19H17FN2O. The number of rotatable bonds is 2. The first-order valence-electron chi connectivity index (χ1n) is 7.73.